The SMILES string of the molecule is COc1ccc(NC(=O)C2(N)CCCCC2)cc1C. The fourth-order valence-electron chi connectivity index (χ4n) is 2.62. The number of rotatable bonds is 3. The number of ether oxygens (including phenoxy) is 1. The van der Waals surface area contributed by atoms with Crippen molar-refractivity contribution in [2.24, 2.45) is 5.73 Å². The Bertz CT molecular complexity index is 465. The fraction of sp³-hybridized carbons (Fsp3) is 0.533. The van der Waals surface area contributed by atoms with Crippen LogP contribution in [0.25, 0.3) is 0 Å². The second-order valence-electron chi connectivity index (χ2n) is 5.36. The summed E-state index contributed by atoms with van der Waals surface area (Å²) in [7, 11) is 1.64. The van der Waals surface area contributed by atoms with Gasteiger partial charge in [0, 0.05) is 5.69 Å². The van der Waals surface area contributed by atoms with Crippen LogP contribution in [-0.4, -0.2) is 18.6 Å². The number of benzene rings is 1. The number of hydrogen-bond acceptors (Lipinski definition) is 3. The normalized spacial score (nSPS) is 17.8. The number of methoxy groups -OCH3 is 1. The van der Waals surface area contributed by atoms with E-state index in [1.54, 1.807) is 7.11 Å². The third-order valence-electron chi connectivity index (χ3n) is 3.85. The molecule has 4 nitrogen and oxygen atoms in total. The van der Waals surface area contributed by atoms with Crippen molar-refractivity contribution in [1.82, 2.24) is 0 Å². The van der Waals surface area contributed by atoms with Gasteiger partial charge in [0.1, 0.15) is 5.75 Å². The van der Waals surface area contributed by atoms with Gasteiger partial charge in [-0.3, -0.25) is 4.79 Å². The molecule has 19 heavy (non-hydrogen) atoms. The molecular formula is C15H22N2O2. The molecule has 1 aromatic carbocycles. The largest absolute Gasteiger partial charge is 0.496 e. The number of amides is 1. The Morgan fingerprint density at radius 2 is 2.00 bits per heavy atom. The maximum atomic E-state index is 12.3. The lowest BCUT2D eigenvalue weighted by molar-refractivity contribution is -0.122. The number of aryl methyl sites for hydroxylation is 1. The van der Waals surface area contributed by atoms with Crippen molar-refractivity contribution in [2.75, 3.05) is 12.4 Å². The molecule has 0 aliphatic heterocycles. The number of carbonyl (C=O) groups excluding carboxylic acids is 1. The molecule has 1 amide bonds. The van der Waals surface area contributed by atoms with E-state index in [-0.39, 0.29) is 5.91 Å². The van der Waals surface area contributed by atoms with E-state index in [0.717, 1.165) is 42.7 Å². The van der Waals surface area contributed by atoms with Crippen LogP contribution >= 0.6 is 0 Å². The Hall–Kier alpha value is -1.55. The Balaban J connectivity index is 2.08. The molecule has 104 valence electrons. The first-order valence-corrected chi connectivity index (χ1v) is 6.80. The Morgan fingerprint density at radius 1 is 1.32 bits per heavy atom. The van der Waals surface area contributed by atoms with E-state index in [9.17, 15) is 4.79 Å². The van der Waals surface area contributed by atoms with Crippen molar-refractivity contribution in [1.29, 1.82) is 0 Å². The highest BCUT2D eigenvalue weighted by atomic mass is 16.5. The molecule has 0 spiro atoms. The smallest absolute Gasteiger partial charge is 0.244 e. The molecule has 0 atom stereocenters. The summed E-state index contributed by atoms with van der Waals surface area (Å²) in [5, 5.41) is 2.92. The minimum absolute atomic E-state index is 0.0724. The van der Waals surface area contributed by atoms with E-state index in [1.165, 1.54) is 6.42 Å². The van der Waals surface area contributed by atoms with Gasteiger partial charge in [-0.15, -0.1) is 0 Å². The molecule has 0 bridgehead atoms. The van der Waals surface area contributed by atoms with E-state index in [0.29, 0.717) is 0 Å². The van der Waals surface area contributed by atoms with Gasteiger partial charge in [-0.2, -0.15) is 0 Å². The van der Waals surface area contributed by atoms with E-state index in [4.69, 9.17) is 10.5 Å². The minimum Gasteiger partial charge on any atom is -0.496 e. The van der Waals surface area contributed by atoms with Crippen molar-refractivity contribution in [3.63, 3.8) is 0 Å². The lowest BCUT2D eigenvalue weighted by atomic mass is 9.82. The van der Waals surface area contributed by atoms with Gasteiger partial charge in [-0.05, 0) is 43.5 Å². The molecule has 0 saturated heterocycles. The maximum absolute atomic E-state index is 12.3. The molecule has 0 radical (unpaired) electrons. The molecule has 4 heteroatoms. The number of carbonyl (C=O) groups is 1. The summed E-state index contributed by atoms with van der Waals surface area (Å²) in [4.78, 5) is 12.3. The van der Waals surface area contributed by atoms with Gasteiger partial charge in [0.2, 0.25) is 5.91 Å². The third-order valence-corrected chi connectivity index (χ3v) is 3.85. The van der Waals surface area contributed by atoms with E-state index >= 15 is 0 Å². The summed E-state index contributed by atoms with van der Waals surface area (Å²) in [6.45, 7) is 1.95. The van der Waals surface area contributed by atoms with E-state index in [2.05, 4.69) is 5.32 Å². The maximum Gasteiger partial charge on any atom is 0.244 e. The van der Waals surface area contributed by atoms with E-state index in [1.807, 2.05) is 25.1 Å². The zero-order valence-corrected chi connectivity index (χ0v) is 11.7. The predicted molar refractivity (Wildman–Crippen MR) is 76.4 cm³/mol. The monoisotopic (exact) mass is 262 g/mol. The molecule has 1 fully saturated rings. The van der Waals surface area contributed by atoms with Crippen molar-refractivity contribution < 1.29 is 9.53 Å². The van der Waals surface area contributed by atoms with Gasteiger partial charge < -0.3 is 15.8 Å². The van der Waals surface area contributed by atoms with Crippen molar-refractivity contribution in [3.05, 3.63) is 23.8 Å². The summed E-state index contributed by atoms with van der Waals surface area (Å²) in [5.74, 6) is 0.745. The highest BCUT2D eigenvalue weighted by Crippen LogP contribution is 2.28. The van der Waals surface area contributed by atoms with Crippen LogP contribution in [-0.2, 0) is 4.79 Å². The van der Waals surface area contributed by atoms with Crippen LogP contribution in [0.2, 0.25) is 0 Å². The Labute approximate surface area is 114 Å². The van der Waals surface area contributed by atoms with Gasteiger partial charge in [-0.1, -0.05) is 19.3 Å². The third kappa shape index (κ3) is 3.07. The average Bonchev–Trinajstić information content (AvgIpc) is 2.40. The summed E-state index contributed by atoms with van der Waals surface area (Å²) in [6, 6.07) is 5.61. The summed E-state index contributed by atoms with van der Waals surface area (Å²) in [5.41, 5.74) is 7.28. The highest BCUT2D eigenvalue weighted by Gasteiger charge is 2.35. The molecule has 0 aromatic heterocycles. The molecule has 2 rings (SSSR count). The molecule has 1 aliphatic carbocycles. The first-order chi connectivity index (χ1) is 9.05. The highest BCUT2D eigenvalue weighted by molar-refractivity contribution is 5.98. The average molecular weight is 262 g/mol. The number of nitrogens with two attached hydrogens (primary N) is 1. The van der Waals surface area contributed by atoms with Gasteiger partial charge in [0.15, 0.2) is 0 Å². The topological polar surface area (TPSA) is 64.3 Å². The Morgan fingerprint density at radius 3 is 2.58 bits per heavy atom. The molecule has 3 N–H and O–H groups in total. The number of nitrogens with one attached hydrogen (secondary N) is 1. The number of anilines is 1. The summed E-state index contributed by atoms with van der Waals surface area (Å²) in [6.07, 6.45) is 4.78. The summed E-state index contributed by atoms with van der Waals surface area (Å²) >= 11 is 0. The van der Waals surface area contributed by atoms with Crippen molar-refractivity contribution in [2.45, 2.75) is 44.6 Å². The van der Waals surface area contributed by atoms with Crippen LogP contribution in [0, 0.1) is 6.92 Å². The predicted octanol–water partition coefficient (Wildman–Crippen LogP) is 2.60. The van der Waals surface area contributed by atoms with Crippen LogP contribution in [0.15, 0.2) is 18.2 Å². The van der Waals surface area contributed by atoms with E-state index < -0.39 is 5.54 Å². The van der Waals surface area contributed by atoms with Crippen LogP contribution in [0.4, 0.5) is 5.69 Å². The standard InChI is InChI=1S/C15H22N2O2/c1-11-10-12(6-7-13(11)19-2)17-14(18)15(16)8-4-3-5-9-15/h6-7,10H,3-5,8-9,16H2,1-2H3,(H,17,18). The first kappa shape index (κ1) is 13.9. The van der Waals surface area contributed by atoms with Crippen LogP contribution in [0.5, 0.6) is 5.75 Å². The van der Waals surface area contributed by atoms with Crippen molar-refractivity contribution in [3.8, 4) is 5.75 Å². The molecule has 1 aliphatic rings. The van der Waals surface area contributed by atoms with Crippen LogP contribution in [0.3, 0.4) is 0 Å². The fourth-order valence-corrected chi connectivity index (χ4v) is 2.62. The quantitative estimate of drug-likeness (QED) is 0.880. The lowest BCUT2D eigenvalue weighted by Crippen LogP contribution is -2.52. The van der Waals surface area contributed by atoms with Gasteiger partial charge in [-0.25, -0.2) is 0 Å². The lowest BCUT2D eigenvalue weighted by Gasteiger charge is -2.31. The molecule has 0 heterocycles. The molecule has 1 aromatic rings. The Kier molecular flexibility index (Phi) is 4.10. The van der Waals surface area contributed by atoms with Crippen molar-refractivity contribution >= 4 is 11.6 Å². The van der Waals surface area contributed by atoms with Gasteiger partial charge >= 0.3 is 0 Å². The first-order valence-electron chi connectivity index (χ1n) is 6.80. The van der Waals surface area contributed by atoms with Crippen LogP contribution < -0.4 is 15.8 Å². The molecule has 1 saturated carbocycles. The molecule has 0 unspecified atom stereocenters. The van der Waals surface area contributed by atoms with Gasteiger partial charge in [0.25, 0.3) is 0 Å². The molecular weight excluding hydrogens is 240 g/mol. The second kappa shape index (κ2) is 5.61. The zero-order valence-electron chi connectivity index (χ0n) is 11.7. The zero-order chi connectivity index (χ0) is 13.9. The number of hydrogen-bond donors (Lipinski definition) is 2. The summed E-state index contributed by atoms with van der Waals surface area (Å²) < 4.78 is 5.20. The second-order valence-corrected chi connectivity index (χ2v) is 5.36. The van der Waals surface area contributed by atoms with Crippen LogP contribution in [0.1, 0.15) is 37.7 Å². The minimum atomic E-state index is -0.702. The van der Waals surface area contributed by atoms with Gasteiger partial charge in [0.05, 0.1) is 12.6 Å².